The Labute approximate surface area is 106 Å². The number of hydrogen-bond donors (Lipinski definition) is 4. The summed E-state index contributed by atoms with van der Waals surface area (Å²) in [5.41, 5.74) is 0.351. The molecular formula is C13H18N2O3. The van der Waals surface area contributed by atoms with Gasteiger partial charge in [0.2, 0.25) is 0 Å². The third-order valence-electron chi connectivity index (χ3n) is 3.23. The van der Waals surface area contributed by atoms with E-state index in [1.165, 1.54) is 18.2 Å². The van der Waals surface area contributed by atoms with Gasteiger partial charge in [-0.3, -0.25) is 4.79 Å². The highest BCUT2D eigenvalue weighted by molar-refractivity contribution is 5.95. The van der Waals surface area contributed by atoms with Crippen molar-refractivity contribution in [3.05, 3.63) is 23.8 Å². The average Bonchev–Trinajstić information content (AvgIpc) is 2.35. The third-order valence-corrected chi connectivity index (χ3v) is 3.23. The molecule has 0 saturated carbocycles. The number of aromatic hydroxyl groups is 2. The Kier molecular flexibility index (Phi) is 3.72. The Hall–Kier alpha value is -1.75. The second kappa shape index (κ2) is 5.27. The molecule has 4 N–H and O–H groups in total. The molecule has 1 aromatic carbocycles. The van der Waals surface area contributed by atoms with Crippen molar-refractivity contribution in [3.8, 4) is 11.5 Å². The van der Waals surface area contributed by atoms with E-state index in [4.69, 9.17) is 0 Å². The third kappa shape index (κ3) is 2.92. The Bertz CT molecular complexity index is 440. The zero-order chi connectivity index (χ0) is 13.1. The first-order valence-electron chi connectivity index (χ1n) is 6.12. The van der Waals surface area contributed by atoms with Crippen LogP contribution in [0.5, 0.6) is 11.5 Å². The van der Waals surface area contributed by atoms with Crippen molar-refractivity contribution in [1.82, 2.24) is 10.6 Å². The molecule has 98 valence electrons. The zero-order valence-electron chi connectivity index (χ0n) is 10.3. The molecule has 0 aliphatic carbocycles. The van der Waals surface area contributed by atoms with Gasteiger partial charge in [-0.05, 0) is 38.0 Å². The van der Waals surface area contributed by atoms with Crippen molar-refractivity contribution in [1.29, 1.82) is 0 Å². The molecule has 5 heteroatoms. The fourth-order valence-corrected chi connectivity index (χ4v) is 2.06. The lowest BCUT2D eigenvalue weighted by atomic mass is 10.0. The van der Waals surface area contributed by atoms with Gasteiger partial charge in [0.25, 0.3) is 5.91 Å². The zero-order valence-corrected chi connectivity index (χ0v) is 10.3. The Morgan fingerprint density at radius 2 is 2.11 bits per heavy atom. The van der Waals surface area contributed by atoms with E-state index in [0.717, 1.165) is 19.4 Å². The fourth-order valence-electron chi connectivity index (χ4n) is 2.06. The number of phenolic OH excluding ortho intramolecular Hbond substituents is 2. The average molecular weight is 250 g/mol. The molecule has 1 fully saturated rings. The number of nitrogens with one attached hydrogen (secondary N) is 2. The summed E-state index contributed by atoms with van der Waals surface area (Å²) in [5.74, 6) is -0.732. The molecule has 1 aromatic rings. The lowest BCUT2D eigenvalue weighted by molar-refractivity contribution is 0.0927. The van der Waals surface area contributed by atoms with Crippen LogP contribution in [0, 0.1) is 0 Å². The summed E-state index contributed by atoms with van der Waals surface area (Å²) < 4.78 is 0. The number of amides is 1. The van der Waals surface area contributed by atoms with E-state index in [1.54, 1.807) is 0 Å². The van der Waals surface area contributed by atoms with E-state index in [-0.39, 0.29) is 23.4 Å². The second-order valence-electron chi connectivity index (χ2n) is 4.76. The first-order chi connectivity index (χ1) is 8.56. The molecule has 0 aromatic heterocycles. The number of rotatable bonds is 2. The van der Waals surface area contributed by atoms with E-state index in [0.29, 0.717) is 11.6 Å². The molecule has 0 radical (unpaired) electrons. The maximum Gasteiger partial charge on any atom is 0.251 e. The lowest BCUT2D eigenvalue weighted by Gasteiger charge is -2.28. The van der Waals surface area contributed by atoms with E-state index in [1.807, 2.05) is 0 Å². The summed E-state index contributed by atoms with van der Waals surface area (Å²) in [4.78, 5) is 11.9. The van der Waals surface area contributed by atoms with Gasteiger partial charge < -0.3 is 20.8 Å². The Balaban J connectivity index is 1.97. The summed E-state index contributed by atoms with van der Waals surface area (Å²) in [6.07, 6.45) is 1.98. The maximum absolute atomic E-state index is 11.9. The van der Waals surface area contributed by atoms with Crippen LogP contribution < -0.4 is 10.6 Å². The highest BCUT2D eigenvalue weighted by atomic mass is 16.3. The fraction of sp³-hybridized carbons (Fsp3) is 0.462. The smallest absolute Gasteiger partial charge is 0.251 e. The standard InChI is InChI=1S/C13H18N2O3/c1-8-2-4-10(7-14-8)15-13(18)9-3-5-11(16)12(17)6-9/h3,5-6,8,10,14,16-17H,2,4,7H2,1H3,(H,15,18). The van der Waals surface area contributed by atoms with Crippen LogP contribution in [0.25, 0.3) is 0 Å². The molecule has 1 amide bonds. The molecule has 0 bridgehead atoms. The SMILES string of the molecule is CC1CCC(NC(=O)c2ccc(O)c(O)c2)CN1. The summed E-state index contributed by atoms with van der Waals surface area (Å²) >= 11 is 0. The normalized spacial score (nSPS) is 23.6. The minimum Gasteiger partial charge on any atom is -0.504 e. The molecule has 1 aliphatic rings. The number of carbonyl (C=O) groups is 1. The Morgan fingerprint density at radius 1 is 1.33 bits per heavy atom. The summed E-state index contributed by atoms with van der Waals surface area (Å²) in [6.45, 7) is 2.88. The lowest BCUT2D eigenvalue weighted by Crippen LogP contribution is -2.48. The summed E-state index contributed by atoms with van der Waals surface area (Å²) in [7, 11) is 0. The second-order valence-corrected chi connectivity index (χ2v) is 4.76. The summed E-state index contributed by atoms with van der Waals surface area (Å²) in [6, 6.07) is 4.68. The van der Waals surface area contributed by atoms with Crippen LogP contribution in [0.15, 0.2) is 18.2 Å². The van der Waals surface area contributed by atoms with E-state index < -0.39 is 0 Å². The molecule has 0 spiro atoms. The number of phenols is 2. The molecule has 5 nitrogen and oxygen atoms in total. The monoisotopic (exact) mass is 250 g/mol. The van der Waals surface area contributed by atoms with Crippen molar-refractivity contribution >= 4 is 5.91 Å². The van der Waals surface area contributed by atoms with Gasteiger partial charge in [-0.1, -0.05) is 0 Å². The van der Waals surface area contributed by atoms with E-state index in [9.17, 15) is 15.0 Å². The molecule has 1 aliphatic heterocycles. The minimum atomic E-state index is -0.280. The largest absolute Gasteiger partial charge is 0.504 e. The van der Waals surface area contributed by atoms with E-state index >= 15 is 0 Å². The minimum absolute atomic E-state index is 0.115. The first kappa shape index (κ1) is 12.7. The van der Waals surface area contributed by atoms with Crippen molar-refractivity contribution in [2.45, 2.75) is 31.8 Å². The molecule has 1 heterocycles. The quantitative estimate of drug-likeness (QED) is 0.589. The van der Waals surface area contributed by atoms with Crippen molar-refractivity contribution < 1.29 is 15.0 Å². The topological polar surface area (TPSA) is 81.6 Å². The van der Waals surface area contributed by atoms with Gasteiger partial charge in [0.05, 0.1) is 0 Å². The number of hydrogen-bond acceptors (Lipinski definition) is 4. The van der Waals surface area contributed by atoms with Gasteiger partial charge in [-0.25, -0.2) is 0 Å². The van der Waals surface area contributed by atoms with Gasteiger partial charge in [0.1, 0.15) is 0 Å². The predicted molar refractivity (Wildman–Crippen MR) is 67.7 cm³/mol. The van der Waals surface area contributed by atoms with Gasteiger partial charge in [0.15, 0.2) is 11.5 Å². The van der Waals surface area contributed by atoms with Crippen LogP contribution >= 0.6 is 0 Å². The van der Waals surface area contributed by atoms with Gasteiger partial charge >= 0.3 is 0 Å². The van der Waals surface area contributed by atoms with Crippen molar-refractivity contribution in [2.75, 3.05) is 6.54 Å². The first-order valence-corrected chi connectivity index (χ1v) is 6.12. The highest BCUT2D eigenvalue weighted by Crippen LogP contribution is 2.24. The highest BCUT2D eigenvalue weighted by Gasteiger charge is 2.20. The Morgan fingerprint density at radius 3 is 2.72 bits per heavy atom. The number of benzene rings is 1. The molecule has 1 saturated heterocycles. The van der Waals surface area contributed by atoms with Crippen LogP contribution in [0.4, 0.5) is 0 Å². The van der Waals surface area contributed by atoms with Crippen molar-refractivity contribution in [2.24, 2.45) is 0 Å². The molecule has 2 unspecified atom stereocenters. The van der Waals surface area contributed by atoms with Gasteiger partial charge in [-0.15, -0.1) is 0 Å². The molecule has 2 rings (SSSR count). The number of carbonyl (C=O) groups excluding carboxylic acids is 1. The van der Waals surface area contributed by atoms with Crippen LogP contribution in [0.3, 0.4) is 0 Å². The number of piperidine rings is 1. The van der Waals surface area contributed by atoms with Crippen LogP contribution in [0.1, 0.15) is 30.1 Å². The van der Waals surface area contributed by atoms with Gasteiger partial charge in [-0.2, -0.15) is 0 Å². The van der Waals surface area contributed by atoms with E-state index in [2.05, 4.69) is 17.6 Å². The maximum atomic E-state index is 11.9. The van der Waals surface area contributed by atoms with Crippen LogP contribution in [-0.4, -0.2) is 34.7 Å². The van der Waals surface area contributed by atoms with Crippen LogP contribution in [-0.2, 0) is 0 Å². The van der Waals surface area contributed by atoms with Crippen LogP contribution in [0.2, 0.25) is 0 Å². The van der Waals surface area contributed by atoms with Gasteiger partial charge in [0, 0.05) is 24.2 Å². The molecule has 18 heavy (non-hydrogen) atoms. The summed E-state index contributed by atoms with van der Waals surface area (Å²) in [5, 5.41) is 24.7. The molecule has 2 atom stereocenters. The molecular weight excluding hydrogens is 232 g/mol. The van der Waals surface area contributed by atoms with Crippen molar-refractivity contribution in [3.63, 3.8) is 0 Å². The predicted octanol–water partition coefficient (Wildman–Crippen LogP) is 0.968.